The van der Waals surface area contributed by atoms with Gasteiger partial charge in [0.1, 0.15) is 5.76 Å². The summed E-state index contributed by atoms with van der Waals surface area (Å²) in [5.41, 5.74) is 1.29. The van der Waals surface area contributed by atoms with Crippen LogP contribution in [0.15, 0.2) is 40.9 Å². The summed E-state index contributed by atoms with van der Waals surface area (Å²) in [5, 5.41) is 6.36. The van der Waals surface area contributed by atoms with E-state index in [-0.39, 0.29) is 17.6 Å². The predicted molar refractivity (Wildman–Crippen MR) is 105 cm³/mol. The standard InChI is InChI=1S/C19H24N4O3S/c1-15-11-17(21-26-15)20-18(24)13-27-14-19(25)23-9-7-22(8-10-23)12-16-5-3-2-4-6-16/h2-6,11H,7-10,12-14H2,1H3,(H,20,21,24). The summed E-state index contributed by atoms with van der Waals surface area (Å²) in [4.78, 5) is 28.4. The van der Waals surface area contributed by atoms with E-state index in [0.717, 1.165) is 32.7 Å². The lowest BCUT2D eigenvalue weighted by atomic mass is 10.2. The van der Waals surface area contributed by atoms with Crippen molar-refractivity contribution in [1.82, 2.24) is 15.0 Å². The summed E-state index contributed by atoms with van der Waals surface area (Å²) in [7, 11) is 0. The molecule has 3 rings (SSSR count). The highest BCUT2D eigenvalue weighted by Gasteiger charge is 2.21. The van der Waals surface area contributed by atoms with Gasteiger partial charge in [0.15, 0.2) is 5.82 Å². The minimum Gasteiger partial charge on any atom is -0.360 e. The Bertz CT molecular complexity index is 757. The normalized spacial score (nSPS) is 14.9. The Hall–Kier alpha value is -2.32. The minimum atomic E-state index is -0.186. The van der Waals surface area contributed by atoms with Crippen molar-refractivity contribution in [2.24, 2.45) is 0 Å². The molecule has 2 aromatic rings. The monoisotopic (exact) mass is 388 g/mol. The van der Waals surface area contributed by atoms with Crippen LogP contribution >= 0.6 is 11.8 Å². The molecule has 2 amide bonds. The third-order valence-electron chi connectivity index (χ3n) is 4.33. The third-order valence-corrected chi connectivity index (χ3v) is 5.25. The van der Waals surface area contributed by atoms with E-state index < -0.39 is 0 Å². The lowest BCUT2D eigenvalue weighted by molar-refractivity contribution is -0.130. The second-order valence-corrected chi connectivity index (χ2v) is 7.49. The Morgan fingerprint density at radius 3 is 2.56 bits per heavy atom. The third kappa shape index (κ3) is 6.11. The molecule has 0 bridgehead atoms. The first-order valence-electron chi connectivity index (χ1n) is 8.95. The van der Waals surface area contributed by atoms with Crippen LogP contribution in [0, 0.1) is 6.92 Å². The Kier molecular flexibility index (Phi) is 6.89. The first kappa shape index (κ1) is 19.4. The molecule has 0 spiro atoms. The fourth-order valence-corrected chi connectivity index (χ4v) is 3.64. The van der Waals surface area contributed by atoms with Crippen molar-refractivity contribution in [1.29, 1.82) is 0 Å². The molecule has 1 aliphatic rings. The Balaban J connectivity index is 1.33. The number of thioether (sulfide) groups is 1. The molecule has 1 N–H and O–H groups in total. The molecular formula is C19H24N4O3S. The molecule has 0 radical (unpaired) electrons. The van der Waals surface area contributed by atoms with Crippen molar-refractivity contribution < 1.29 is 14.1 Å². The van der Waals surface area contributed by atoms with Crippen LogP contribution in [-0.2, 0) is 16.1 Å². The fraction of sp³-hybridized carbons (Fsp3) is 0.421. The number of rotatable bonds is 7. The van der Waals surface area contributed by atoms with Crippen molar-refractivity contribution >= 4 is 29.4 Å². The molecule has 1 aromatic carbocycles. The van der Waals surface area contributed by atoms with E-state index in [4.69, 9.17) is 4.52 Å². The van der Waals surface area contributed by atoms with Crippen molar-refractivity contribution in [2.75, 3.05) is 43.0 Å². The van der Waals surface area contributed by atoms with Gasteiger partial charge in [0.25, 0.3) is 0 Å². The topological polar surface area (TPSA) is 78.7 Å². The van der Waals surface area contributed by atoms with Gasteiger partial charge in [-0.1, -0.05) is 35.5 Å². The number of amides is 2. The van der Waals surface area contributed by atoms with E-state index in [1.807, 2.05) is 23.1 Å². The van der Waals surface area contributed by atoms with Gasteiger partial charge in [-0.2, -0.15) is 0 Å². The van der Waals surface area contributed by atoms with Gasteiger partial charge in [-0.15, -0.1) is 11.8 Å². The summed E-state index contributed by atoms with van der Waals surface area (Å²) in [6.45, 7) is 5.89. The van der Waals surface area contributed by atoms with Gasteiger partial charge in [0, 0.05) is 38.8 Å². The van der Waals surface area contributed by atoms with E-state index in [9.17, 15) is 9.59 Å². The van der Waals surface area contributed by atoms with E-state index in [1.165, 1.54) is 17.3 Å². The summed E-state index contributed by atoms with van der Waals surface area (Å²) in [5.74, 6) is 1.46. The largest absolute Gasteiger partial charge is 0.360 e. The van der Waals surface area contributed by atoms with E-state index in [2.05, 4.69) is 27.5 Å². The van der Waals surface area contributed by atoms with Gasteiger partial charge in [-0.05, 0) is 12.5 Å². The number of nitrogens with zero attached hydrogens (tertiary/aromatic N) is 3. The molecule has 1 fully saturated rings. The van der Waals surface area contributed by atoms with Crippen LogP contribution in [0.3, 0.4) is 0 Å². The lowest BCUT2D eigenvalue weighted by Gasteiger charge is -2.34. The first-order chi connectivity index (χ1) is 13.1. The molecule has 27 heavy (non-hydrogen) atoms. The number of carbonyl (C=O) groups is 2. The second kappa shape index (κ2) is 9.57. The van der Waals surface area contributed by atoms with E-state index in [0.29, 0.717) is 17.3 Å². The quantitative estimate of drug-likeness (QED) is 0.782. The lowest BCUT2D eigenvalue weighted by Crippen LogP contribution is -2.48. The maximum Gasteiger partial charge on any atom is 0.235 e. The summed E-state index contributed by atoms with van der Waals surface area (Å²) in [6, 6.07) is 12.0. The van der Waals surface area contributed by atoms with Gasteiger partial charge in [0.2, 0.25) is 11.8 Å². The molecule has 0 aliphatic carbocycles. The van der Waals surface area contributed by atoms with Gasteiger partial charge < -0.3 is 14.7 Å². The zero-order valence-corrected chi connectivity index (χ0v) is 16.2. The molecular weight excluding hydrogens is 364 g/mol. The Labute approximate surface area is 163 Å². The van der Waals surface area contributed by atoms with E-state index >= 15 is 0 Å². The molecule has 1 aromatic heterocycles. The van der Waals surface area contributed by atoms with Crippen LogP contribution in [0.1, 0.15) is 11.3 Å². The highest BCUT2D eigenvalue weighted by atomic mass is 32.2. The predicted octanol–water partition coefficient (Wildman–Crippen LogP) is 2.00. The van der Waals surface area contributed by atoms with Crippen LogP contribution in [0.2, 0.25) is 0 Å². The molecule has 0 saturated carbocycles. The summed E-state index contributed by atoms with van der Waals surface area (Å²) >= 11 is 1.32. The number of piperazine rings is 1. The molecule has 2 heterocycles. The summed E-state index contributed by atoms with van der Waals surface area (Å²) in [6.07, 6.45) is 0. The minimum absolute atomic E-state index is 0.0874. The van der Waals surface area contributed by atoms with Crippen molar-refractivity contribution in [3.05, 3.63) is 47.7 Å². The van der Waals surface area contributed by atoms with Crippen molar-refractivity contribution in [3.8, 4) is 0 Å². The van der Waals surface area contributed by atoms with Gasteiger partial charge in [-0.25, -0.2) is 0 Å². The molecule has 144 valence electrons. The van der Waals surface area contributed by atoms with Gasteiger partial charge >= 0.3 is 0 Å². The van der Waals surface area contributed by atoms with Gasteiger partial charge in [-0.3, -0.25) is 14.5 Å². The molecule has 8 heteroatoms. The van der Waals surface area contributed by atoms with Crippen LogP contribution < -0.4 is 5.32 Å². The number of aromatic nitrogens is 1. The highest BCUT2D eigenvalue weighted by molar-refractivity contribution is 8.00. The van der Waals surface area contributed by atoms with Crippen LogP contribution in [0.5, 0.6) is 0 Å². The zero-order valence-electron chi connectivity index (χ0n) is 15.4. The van der Waals surface area contributed by atoms with Crippen molar-refractivity contribution in [3.63, 3.8) is 0 Å². The average Bonchev–Trinajstić information content (AvgIpc) is 3.07. The van der Waals surface area contributed by atoms with E-state index in [1.54, 1.807) is 13.0 Å². The first-order valence-corrected chi connectivity index (χ1v) is 10.1. The van der Waals surface area contributed by atoms with Crippen LogP contribution in [0.25, 0.3) is 0 Å². The number of aryl methyl sites for hydroxylation is 1. The number of benzene rings is 1. The van der Waals surface area contributed by atoms with Crippen LogP contribution in [0.4, 0.5) is 5.82 Å². The zero-order chi connectivity index (χ0) is 19.1. The molecule has 0 atom stereocenters. The Morgan fingerprint density at radius 1 is 1.15 bits per heavy atom. The number of anilines is 1. The smallest absolute Gasteiger partial charge is 0.235 e. The Morgan fingerprint density at radius 2 is 1.89 bits per heavy atom. The van der Waals surface area contributed by atoms with Crippen molar-refractivity contribution in [2.45, 2.75) is 13.5 Å². The molecule has 1 aliphatic heterocycles. The SMILES string of the molecule is Cc1cc(NC(=O)CSCC(=O)N2CCN(Cc3ccccc3)CC2)no1. The highest BCUT2D eigenvalue weighted by Crippen LogP contribution is 2.11. The maximum absolute atomic E-state index is 12.3. The summed E-state index contributed by atoms with van der Waals surface area (Å²) < 4.78 is 4.90. The molecule has 0 unspecified atom stereocenters. The fourth-order valence-electron chi connectivity index (χ4n) is 2.92. The maximum atomic E-state index is 12.3. The van der Waals surface area contributed by atoms with Gasteiger partial charge in [0.05, 0.1) is 11.5 Å². The number of carbonyl (C=O) groups excluding carboxylic acids is 2. The second-order valence-electron chi connectivity index (χ2n) is 6.51. The molecule has 7 nitrogen and oxygen atoms in total. The molecule has 1 saturated heterocycles. The number of hydrogen-bond donors (Lipinski definition) is 1. The van der Waals surface area contributed by atoms with Crippen LogP contribution in [-0.4, -0.2) is 64.5 Å². The average molecular weight is 388 g/mol. The number of nitrogens with one attached hydrogen (secondary N) is 1. The number of hydrogen-bond acceptors (Lipinski definition) is 6.